The molecule has 0 saturated carbocycles. The van der Waals surface area contributed by atoms with Crippen LogP contribution in [0.4, 0.5) is 4.79 Å². The van der Waals surface area contributed by atoms with Gasteiger partial charge >= 0.3 is 12.0 Å². The number of aryl methyl sites for hydroxylation is 1. The van der Waals surface area contributed by atoms with E-state index in [4.69, 9.17) is 9.47 Å². The molecule has 1 aliphatic heterocycles. The van der Waals surface area contributed by atoms with Crippen molar-refractivity contribution < 1.29 is 19.1 Å². The predicted octanol–water partition coefficient (Wildman–Crippen LogP) is 7.69. The molecule has 37 heavy (non-hydrogen) atoms. The molecule has 0 radical (unpaired) electrons. The predicted molar refractivity (Wildman–Crippen MR) is 151 cm³/mol. The zero-order valence-corrected chi connectivity index (χ0v) is 23.5. The van der Waals surface area contributed by atoms with Crippen molar-refractivity contribution >= 4 is 12.0 Å². The van der Waals surface area contributed by atoms with Gasteiger partial charge in [0.1, 0.15) is 5.75 Å². The summed E-state index contributed by atoms with van der Waals surface area (Å²) in [6.07, 6.45) is 19.1. The fourth-order valence-corrected chi connectivity index (χ4v) is 4.84. The SMILES string of the molecule is CCCCCC/C=C/CCCCCCCc1cccc(OCC)c1C1NC(=O)NC(C)=C1C(=O)OCC. The Labute approximate surface area is 224 Å². The number of rotatable bonds is 18. The fourth-order valence-electron chi connectivity index (χ4n) is 4.84. The lowest BCUT2D eigenvalue weighted by Crippen LogP contribution is -2.45. The third-order valence-corrected chi connectivity index (χ3v) is 6.72. The molecule has 2 N–H and O–H groups in total. The number of urea groups is 1. The lowest BCUT2D eigenvalue weighted by molar-refractivity contribution is -0.139. The zero-order valence-electron chi connectivity index (χ0n) is 23.5. The highest BCUT2D eigenvalue weighted by atomic mass is 16.5. The quantitative estimate of drug-likeness (QED) is 0.120. The fraction of sp³-hybridized carbons (Fsp3) is 0.613. The molecule has 2 amide bonds. The maximum atomic E-state index is 12.8. The molecule has 0 spiro atoms. The van der Waals surface area contributed by atoms with Crippen LogP contribution in [0.1, 0.15) is 115 Å². The third kappa shape index (κ3) is 10.3. The molecule has 1 heterocycles. The second kappa shape index (κ2) is 17.7. The number of hydrogen-bond acceptors (Lipinski definition) is 4. The van der Waals surface area contributed by atoms with Crippen LogP contribution >= 0.6 is 0 Å². The van der Waals surface area contributed by atoms with Gasteiger partial charge < -0.3 is 20.1 Å². The number of carbonyl (C=O) groups is 2. The lowest BCUT2D eigenvalue weighted by Gasteiger charge is -2.30. The van der Waals surface area contributed by atoms with Crippen molar-refractivity contribution in [3.05, 3.63) is 52.7 Å². The summed E-state index contributed by atoms with van der Waals surface area (Å²) in [5.41, 5.74) is 2.89. The zero-order chi connectivity index (χ0) is 26.9. The number of ether oxygens (including phenoxy) is 2. The van der Waals surface area contributed by atoms with Crippen LogP contribution in [0.2, 0.25) is 0 Å². The molecule has 2 rings (SSSR count). The van der Waals surface area contributed by atoms with E-state index in [1.807, 2.05) is 19.1 Å². The van der Waals surface area contributed by atoms with Crippen LogP contribution in [-0.2, 0) is 16.0 Å². The average molecular weight is 513 g/mol. The maximum Gasteiger partial charge on any atom is 0.338 e. The highest BCUT2D eigenvalue weighted by Gasteiger charge is 2.35. The largest absolute Gasteiger partial charge is 0.493 e. The van der Waals surface area contributed by atoms with Gasteiger partial charge in [-0.25, -0.2) is 9.59 Å². The van der Waals surface area contributed by atoms with Crippen molar-refractivity contribution in [3.8, 4) is 5.75 Å². The van der Waals surface area contributed by atoms with E-state index in [2.05, 4.69) is 35.8 Å². The molecule has 1 aromatic rings. The van der Waals surface area contributed by atoms with Crippen LogP contribution in [0.5, 0.6) is 5.75 Å². The molecule has 6 heteroatoms. The first-order valence-corrected chi connectivity index (χ1v) is 14.4. The van der Waals surface area contributed by atoms with E-state index in [0.29, 0.717) is 23.6 Å². The standard InChI is InChI=1S/C31H48N2O4/c1-5-8-9-10-11-12-13-14-15-16-17-18-19-21-25-22-20-23-26(36-6-2)28(25)29-27(30(34)37-7-3)24(4)32-31(35)33-29/h12-13,20,22-23,29H,5-11,14-19,21H2,1-4H3,(H2,32,33,35)/b13-12+. The summed E-state index contributed by atoms with van der Waals surface area (Å²) in [7, 11) is 0. The van der Waals surface area contributed by atoms with Gasteiger partial charge in [-0.1, -0.05) is 69.7 Å². The highest BCUT2D eigenvalue weighted by molar-refractivity contribution is 5.95. The number of unbranched alkanes of at least 4 members (excludes halogenated alkanes) is 9. The summed E-state index contributed by atoms with van der Waals surface area (Å²) < 4.78 is 11.3. The summed E-state index contributed by atoms with van der Waals surface area (Å²) in [4.78, 5) is 25.2. The van der Waals surface area contributed by atoms with Crippen molar-refractivity contribution in [1.29, 1.82) is 0 Å². The summed E-state index contributed by atoms with van der Waals surface area (Å²) in [5, 5.41) is 5.66. The minimum Gasteiger partial charge on any atom is -0.493 e. The van der Waals surface area contributed by atoms with Crippen molar-refractivity contribution in [1.82, 2.24) is 10.6 Å². The average Bonchev–Trinajstić information content (AvgIpc) is 2.86. The smallest absolute Gasteiger partial charge is 0.338 e. The number of esters is 1. The maximum absolute atomic E-state index is 12.8. The van der Waals surface area contributed by atoms with E-state index in [0.717, 1.165) is 30.4 Å². The number of hydrogen-bond donors (Lipinski definition) is 2. The van der Waals surface area contributed by atoms with Gasteiger partial charge in [-0.2, -0.15) is 0 Å². The van der Waals surface area contributed by atoms with Crippen LogP contribution in [0.25, 0.3) is 0 Å². The summed E-state index contributed by atoms with van der Waals surface area (Å²) in [6.45, 7) is 8.48. The molecular formula is C31H48N2O4. The summed E-state index contributed by atoms with van der Waals surface area (Å²) >= 11 is 0. The van der Waals surface area contributed by atoms with Crippen LogP contribution in [-0.4, -0.2) is 25.2 Å². The second-order valence-corrected chi connectivity index (χ2v) is 9.68. The van der Waals surface area contributed by atoms with Crippen molar-refractivity contribution in [2.24, 2.45) is 0 Å². The topological polar surface area (TPSA) is 76.7 Å². The Bertz CT molecular complexity index is 906. The van der Waals surface area contributed by atoms with Crippen LogP contribution < -0.4 is 15.4 Å². The second-order valence-electron chi connectivity index (χ2n) is 9.68. The Morgan fingerprint density at radius 3 is 2.27 bits per heavy atom. The Kier molecular flexibility index (Phi) is 14.5. The number of allylic oxidation sites excluding steroid dienone is 3. The van der Waals surface area contributed by atoms with E-state index in [1.165, 1.54) is 57.8 Å². The molecule has 0 fully saturated rings. The monoisotopic (exact) mass is 512 g/mol. The summed E-state index contributed by atoms with van der Waals surface area (Å²) in [6, 6.07) is 5.03. The van der Waals surface area contributed by atoms with Gasteiger partial charge in [-0.05, 0) is 70.9 Å². The number of carbonyl (C=O) groups excluding carboxylic acids is 2. The molecule has 206 valence electrons. The Balaban J connectivity index is 1.97. The van der Waals surface area contributed by atoms with Crippen LogP contribution in [0, 0.1) is 0 Å². The van der Waals surface area contributed by atoms with E-state index in [-0.39, 0.29) is 12.6 Å². The Morgan fingerprint density at radius 1 is 0.919 bits per heavy atom. The minimum atomic E-state index is -0.612. The van der Waals surface area contributed by atoms with E-state index in [1.54, 1.807) is 13.8 Å². The van der Waals surface area contributed by atoms with Gasteiger partial charge in [0.2, 0.25) is 0 Å². The molecule has 1 atom stereocenters. The van der Waals surface area contributed by atoms with Crippen molar-refractivity contribution in [2.75, 3.05) is 13.2 Å². The Hall–Kier alpha value is -2.76. The number of amides is 2. The highest BCUT2D eigenvalue weighted by Crippen LogP contribution is 2.37. The lowest BCUT2D eigenvalue weighted by atomic mass is 9.89. The first-order valence-electron chi connectivity index (χ1n) is 14.4. The molecule has 0 aromatic heterocycles. The number of nitrogens with one attached hydrogen (secondary N) is 2. The summed E-state index contributed by atoms with van der Waals surface area (Å²) in [5.74, 6) is 0.271. The van der Waals surface area contributed by atoms with Gasteiger partial charge in [0.25, 0.3) is 0 Å². The van der Waals surface area contributed by atoms with Gasteiger partial charge in [0, 0.05) is 11.3 Å². The molecule has 1 aliphatic rings. The van der Waals surface area contributed by atoms with Gasteiger partial charge in [0.05, 0.1) is 24.8 Å². The van der Waals surface area contributed by atoms with Gasteiger partial charge in [0.15, 0.2) is 0 Å². The normalized spacial score (nSPS) is 15.6. The Morgan fingerprint density at radius 2 is 1.59 bits per heavy atom. The van der Waals surface area contributed by atoms with E-state index >= 15 is 0 Å². The van der Waals surface area contributed by atoms with Crippen LogP contribution in [0.3, 0.4) is 0 Å². The van der Waals surface area contributed by atoms with Crippen LogP contribution in [0.15, 0.2) is 41.6 Å². The molecule has 1 aromatic carbocycles. The van der Waals surface area contributed by atoms with E-state index < -0.39 is 12.0 Å². The minimum absolute atomic E-state index is 0.269. The number of benzene rings is 1. The van der Waals surface area contributed by atoms with Gasteiger partial charge in [-0.3, -0.25) is 0 Å². The molecule has 0 aliphatic carbocycles. The molecule has 0 saturated heterocycles. The third-order valence-electron chi connectivity index (χ3n) is 6.72. The first-order chi connectivity index (χ1) is 18.0. The molecule has 0 bridgehead atoms. The first kappa shape index (κ1) is 30.5. The molecule has 1 unspecified atom stereocenters. The van der Waals surface area contributed by atoms with Crippen molar-refractivity contribution in [2.45, 2.75) is 111 Å². The molecule has 6 nitrogen and oxygen atoms in total. The van der Waals surface area contributed by atoms with Gasteiger partial charge in [-0.15, -0.1) is 0 Å². The molecular weight excluding hydrogens is 464 g/mol. The van der Waals surface area contributed by atoms with Crippen molar-refractivity contribution in [3.63, 3.8) is 0 Å². The van der Waals surface area contributed by atoms with E-state index in [9.17, 15) is 9.59 Å².